The lowest BCUT2D eigenvalue weighted by Crippen LogP contribution is -2.46. The maximum absolute atomic E-state index is 12.9. The van der Waals surface area contributed by atoms with Crippen LogP contribution in [0.15, 0.2) is 18.2 Å². The smallest absolute Gasteiger partial charge is 0.326 e. The summed E-state index contributed by atoms with van der Waals surface area (Å²) >= 11 is 0. The average Bonchev–Trinajstić information content (AvgIpc) is 2.61. The van der Waals surface area contributed by atoms with Crippen LogP contribution in [0.4, 0.5) is 0 Å². The molecule has 1 rings (SSSR count). The quantitative estimate of drug-likeness (QED) is 0.641. The molecule has 0 saturated heterocycles. The number of nitrogens with one attached hydrogen (secondary N) is 1. The van der Waals surface area contributed by atoms with Gasteiger partial charge in [-0.15, -0.1) is 0 Å². The molecule has 0 fully saturated rings. The fourth-order valence-electron chi connectivity index (χ4n) is 2.30. The van der Waals surface area contributed by atoms with Crippen molar-refractivity contribution >= 4 is 17.8 Å². The van der Waals surface area contributed by atoms with Crippen LogP contribution in [-0.2, 0) is 9.59 Å². The molecule has 8 heteroatoms. The van der Waals surface area contributed by atoms with E-state index in [4.69, 9.17) is 9.47 Å². The van der Waals surface area contributed by atoms with Gasteiger partial charge in [0.25, 0.3) is 5.91 Å². The van der Waals surface area contributed by atoms with E-state index in [0.29, 0.717) is 24.0 Å². The van der Waals surface area contributed by atoms with E-state index in [-0.39, 0.29) is 24.6 Å². The first-order chi connectivity index (χ1) is 12.7. The summed E-state index contributed by atoms with van der Waals surface area (Å²) in [6, 6.07) is 3.68. The van der Waals surface area contributed by atoms with Crippen molar-refractivity contribution in [2.45, 2.75) is 33.7 Å². The van der Waals surface area contributed by atoms with Crippen LogP contribution in [0.5, 0.6) is 11.5 Å². The zero-order valence-electron chi connectivity index (χ0n) is 16.4. The van der Waals surface area contributed by atoms with Gasteiger partial charge in [0.1, 0.15) is 6.04 Å². The van der Waals surface area contributed by atoms with Crippen molar-refractivity contribution in [1.82, 2.24) is 10.2 Å². The van der Waals surface area contributed by atoms with E-state index in [1.165, 1.54) is 31.9 Å². The van der Waals surface area contributed by atoms with E-state index >= 15 is 0 Å². The first-order valence-electron chi connectivity index (χ1n) is 8.76. The van der Waals surface area contributed by atoms with Crippen LogP contribution in [0.1, 0.15) is 38.1 Å². The van der Waals surface area contributed by atoms with Gasteiger partial charge in [-0.05, 0) is 31.0 Å². The maximum Gasteiger partial charge on any atom is 0.326 e. The van der Waals surface area contributed by atoms with Gasteiger partial charge in [0.15, 0.2) is 11.5 Å². The topological polar surface area (TPSA) is 105 Å². The first-order valence-corrected chi connectivity index (χ1v) is 8.76. The van der Waals surface area contributed by atoms with Gasteiger partial charge < -0.3 is 24.8 Å². The van der Waals surface area contributed by atoms with Crippen LogP contribution in [0.3, 0.4) is 0 Å². The van der Waals surface area contributed by atoms with E-state index < -0.39 is 17.9 Å². The lowest BCUT2D eigenvalue weighted by molar-refractivity contribution is -0.141. The van der Waals surface area contributed by atoms with E-state index in [2.05, 4.69) is 5.32 Å². The molecule has 1 aromatic rings. The number of carbonyl (C=O) groups excluding carboxylic acids is 2. The van der Waals surface area contributed by atoms with Gasteiger partial charge >= 0.3 is 5.97 Å². The number of aliphatic carboxylic acids is 1. The number of hydrogen-bond acceptors (Lipinski definition) is 5. The van der Waals surface area contributed by atoms with Crippen LogP contribution in [0, 0.1) is 5.92 Å². The molecular formula is C19H28N2O6. The molecule has 2 N–H and O–H groups in total. The fourth-order valence-corrected chi connectivity index (χ4v) is 2.30. The third kappa shape index (κ3) is 6.80. The van der Waals surface area contributed by atoms with E-state index in [1.54, 1.807) is 12.1 Å². The van der Waals surface area contributed by atoms with Crippen molar-refractivity contribution in [3.63, 3.8) is 0 Å². The summed E-state index contributed by atoms with van der Waals surface area (Å²) in [7, 11) is 1.47. The standard InChI is InChI=1S/C19H28N2O6/c1-12(2)11-27-16-7-6-15(10-17(16)26-5)18(23)21(13(3)19(24)25)9-8-20-14(4)22/h6-7,10,12-13H,8-9,11H2,1-5H3,(H,20,22)(H,24,25). The zero-order valence-corrected chi connectivity index (χ0v) is 16.4. The molecular weight excluding hydrogens is 352 g/mol. The molecule has 0 aliphatic heterocycles. The molecule has 1 aromatic carbocycles. The van der Waals surface area contributed by atoms with Crippen molar-refractivity contribution < 1.29 is 29.0 Å². The highest BCUT2D eigenvalue weighted by atomic mass is 16.5. The van der Waals surface area contributed by atoms with E-state index in [9.17, 15) is 19.5 Å². The summed E-state index contributed by atoms with van der Waals surface area (Å²) in [5, 5.41) is 11.9. The Morgan fingerprint density at radius 3 is 2.37 bits per heavy atom. The second-order valence-corrected chi connectivity index (χ2v) is 6.57. The second-order valence-electron chi connectivity index (χ2n) is 6.57. The largest absolute Gasteiger partial charge is 0.493 e. The number of ether oxygens (including phenoxy) is 2. The third-order valence-corrected chi connectivity index (χ3v) is 3.80. The highest BCUT2D eigenvalue weighted by molar-refractivity contribution is 5.97. The molecule has 0 aliphatic carbocycles. The van der Waals surface area contributed by atoms with Gasteiger partial charge in [-0.1, -0.05) is 13.8 Å². The average molecular weight is 380 g/mol. The Hall–Kier alpha value is -2.77. The number of benzene rings is 1. The molecule has 0 aliphatic rings. The predicted octanol–water partition coefficient (Wildman–Crippen LogP) is 1.78. The predicted molar refractivity (Wildman–Crippen MR) is 100 cm³/mol. The molecule has 0 aromatic heterocycles. The summed E-state index contributed by atoms with van der Waals surface area (Å²) in [5.41, 5.74) is 0.277. The van der Waals surface area contributed by atoms with Gasteiger partial charge in [0.2, 0.25) is 5.91 Å². The summed E-state index contributed by atoms with van der Waals surface area (Å²) in [5.74, 6) is -0.612. The minimum absolute atomic E-state index is 0.0692. The Balaban J connectivity index is 3.05. The number of carbonyl (C=O) groups is 3. The lowest BCUT2D eigenvalue weighted by atomic mass is 10.1. The zero-order chi connectivity index (χ0) is 20.6. The van der Waals surface area contributed by atoms with Crippen molar-refractivity contribution in [3.05, 3.63) is 23.8 Å². The molecule has 1 unspecified atom stereocenters. The molecule has 2 amide bonds. The molecule has 0 spiro atoms. The number of rotatable bonds is 10. The first kappa shape index (κ1) is 22.3. The second kappa shape index (κ2) is 10.4. The summed E-state index contributed by atoms with van der Waals surface area (Å²) in [6.45, 7) is 7.54. The fraction of sp³-hybridized carbons (Fsp3) is 0.526. The minimum atomic E-state index is -1.13. The minimum Gasteiger partial charge on any atom is -0.493 e. The van der Waals surface area contributed by atoms with E-state index in [0.717, 1.165) is 0 Å². The normalized spacial score (nSPS) is 11.6. The Bertz CT molecular complexity index is 674. The number of methoxy groups -OCH3 is 1. The molecule has 27 heavy (non-hydrogen) atoms. The number of hydrogen-bond donors (Lipinski definition) is 2. The van der Waals surface area contributed by atoms with Crippen molar-refractivity contribution in [2.24, 2.45) is 5.92 Å². The number of amides is 2. The third-order valence-electron chi connectivity index (χ3n) is 3.80. The number of nitrogens with zero attached hydrogens (tertiary/aromatic N) is 1. The van der Waals surface area contributed by atoms with E-state index in [1.807, 2.05) is 13.8 Å². The Morgan fingerprint density at radius 2 is 1.85 bits per heavy atom. The molecule has 8 nitrogen and oxygen atoms in total. The van der Waals surface area contributed by atoms with Gasteiger partial charge in [-0.3, -0.25) is 9.59 Å². The maximum atomic E-state index is 12.9. The Kier molecular flexibility index (Phi) is 8.58. The number of carboxylic acids is 1. The van der Waals surface area contributed by atoms with Crippen molar-refractivity contribution in [1.29, 1.82) is 0 Å². The van der Waals surface area contributed by atoms with Gasteiger partial charge in [0.05, 0.1) is 13.7 Å². The molecule has 150 valence electrons. The van der Waals surface area contributed by atoms with Crippen molar-refractivity contribution in [2.75, 3.05) is 26.8 Å². The van der Waals surface area contributed by atoms with Crippen LogP contribution in [0.2, 0.25) is 0 Å². The van der Waals surface area contributed by atoms with Crippen LogP contribution < -0.4 is 14.8 Å². The summed E-state index contributed by atoms with van der Waals surface area (Å²) in [6.07, 6.45) is 0. The highest BCUT2D eigenvalue weighted by Crippen LogP contribution is 2.29. The lowest BCUT2D eigenvalue weighted by Gasteiger charge is -2.27. The van der Waals surface area contributed by atoms with Gasteiger partial charge in [0, 0.05) is 25.6 Å². The SMILES string of the molecule is COc1cc(C(=O)N(CCNC(C)=O)C(C)C(=O)O)ccc1OCC(C)C. The van der Waals surface area contributed by atoms with Gasteiger partial charge in [-0.2, -0.15) is 0 Å². The van der Waals surface area contributed by atoms with Crippen molar-refractivity contribution in [3.8, 4) is 11.5 Å². The molecule has 0 heterocycles. The highest BCUT2D eigenvalue weighted by Gasteiger charge is 2.27. The Morgan fingerprint density at radius 1 is 1.19 bits per heavy atom. The Labute approximate surface area is 159 Å². The monoisotopic (exact) mass is 380 g/mol. The molecule has 1 atom stereocenters. The molecule has 0 radical (unpaired) electrons. The van der Waals surface area contributed by atoms with Crippen LogP contribution in [0.25, 0.3) is 0 Å². The van der Waals surface area contributed by atoms with Crippen LogP contribution >= 0.6 is 0 Å². The van der Waals surface area contributed by atoms with Crippen LogP contribution in [-0.4, -0.2) is 60.6 Å². The summed E-state index contributed by atoms with van der Waals surface area (Å²) < 4.78 is 11.0. The molecule has 0 bridgehead atoms. The molecule has 0 saturated carbocycles. The summed E-state index contributed by atoms with van der Waals surface area (Å²) in [4.78, 5) is 36.5. The van der Waals surface area contributed by atoms with Gasteiger partial charge in [-0.25, -0.2) is 4.79 Å². The number of carboxylic acid groups (broad SMARTS) is 1.